The van der Waals surface area contributed by atoms with Crippen molar-refractivity contribution >= 4 is 0 Å². The Morgan fingerprint density at radius 1 is 1.20 bits per heavy atom. The molecule has 0 spiro atoms. The molecule has 0 bridgehead atoms. The predicted molar refractivity (Wildman–Crippen MR) is 77.2 cm³/mol. The number of aromatic amines is 1. The van der Waals surface area contributed by atoms with Gasteiger partial charge in [0.2, 0.25) is 0 Å². The Kier molecular flexibility index (Phi) is 3.33. The molecule has 3 heterocycles. The van der Waals surface area contributed by atoms with E-state index in [1.807, 2.05) is 31.7 Å². The fraction of sp³-hybridized carbons (Fsp3) is 0.267. The van der Waals surface area contributed by atoms with Gasteiger partial charge >= 0.3 is 0 Å². The number of rotatable bonds is 4. The third-order valence-corrected chi connectivity index (χ3v) is 3.52. The van der Waals surface area contributed by atoms with Gasteiger partial charge in [-0.05, 0) is 31.0 Å². The minimum absolute atomic E-state index is 0.242. The first-order valence-corrected chi connectivity index (χ1v) is 6.74. The molecular weight excluding hydrogens is 250 g/mol. The topological polar surface area (TPSA) is 59.4 Å². The maximum Gasteiger partial charge on any atom is 0.161 e. The number of H-pyrrole nitrogens is 1. The smallest absolute Gasteiger partial charge is 0.161 e. The van der Waals surface area contributed by atoms with Gasteiger partial charge in [-0.25, -0.2) is 9.97 Å². The summed E-state index contributed by atoms with van der Waals surface area (Å²) in [6, 6.07) is 4.34. The van der Waals surface area contributed by atoms with Crippen molar-refractivity contribution in [2.24, 2.45) is 0 Å². The van der Waals surface area contributed by atoms with Crippen LogP contribution >= 0.6 is 0 Å². The number of nitrogens with zero attached hydrogens (tertiary/aromatic N) is 4. The molecule has 0 saturated heterocycles. The van der Waals surface area contributed by atoms with E-state index in [1.54, 1.807) is 6.33 Å². The van der Waals surface area contributed by atoms with Crippen LogP contribution in [0.3, 0.4) is 0 Å². The number of imidazole rings is 2. The molecule has 0 radical (unpaired) electrons. The zero-order valence-corrected chi connectivity index (χ0v) is 11.6. The molecule has 5 heteroatoms. The van der Waals surface area contributed by atoms with Gasteiger partial charge in [-0.3, -0.25) is 4.98 Å². The summed E-state index contributed by atoms with van der Waals surface area (Å²) in [6.45, 7) is 4.18. The summed E-state index contributed by atoms with van der Waals surface area (Å²) < 4.78 is 2.18. The maximum absolute atomic E-state index is 4.48. The van der Waals surface area contributed by atoms with Crippen LogP contribution in [-0.2, 0) is 0 Å². The molecule has 0 unspecified atom stereocenters. The second-order valence-electron chi connectivity index (χ2n) is 4.74. The summed E-state index contributed by atoms with van der Waals surface area (Å²) >= 11 is 0. The first-order valence-electron chi connectivity index (χ1n) is 6.74. The van der Waals surface area contributed by atoms with Gasteiger partial charge in [0.25, 0.3) is 0 Å². The van der Waals surface area contributed by atoms with Crippen molar-refractivity contribution in [3.05, 3.63) is 54.5 Å². The minimum Gasteiger partial charge on any atom is -0.348 e. The summed E-state index contributed by atoms with van der Waals surface area (Å²) in [5, 5.41) is 0. The average molecular weight is 267 g/mol. The number of hydrogen-bond acceptors (Lipinski definition) is 3. The van der Waals surface area contributed by atoms with E-state index in [9.17, 15) is 0 Å². The van der Waals surface area contributed by atoms with E-state index in [-0.39, 0.29) is 6.04 Å². The summed E-state index contributed by atoms with van der Waals surface area (Å²) in [5.41, 5.74) is 3.17. The Morgan fingerprint density at radius 2 is 2.00 bits per heavy atom. The third-order valence-electron chi connectivity index (χ3n) is 3.52. The van der Waals surface area contributed by atoms with E-state index >= 15 is 0 Å². The quantitative estimate of drug-likeness (QED) is 0.790. The first kappa shape index (κ1) is 12.6. The first-order chi connectivity index (χ1) is 9.81. The van der Waals surface area contributed by atoms with Crippen LogP contribution in [0.5, 0.6) is 0 Å². The summed E-state index contributed by atoms with van der Waals surface area (Å²) in [4.78, 5) is 16.1. The number of pyridine rings is 1. The van der Waals surface area contributed by atoms with Gasteiger partial charge in [0.05, 0.1) is 12.4 Å². The number of aryl methyl sites for hydroxylation is 1. The molecule has 0 fully saturated rings. The molecule has 3 rings (SSSR count). The summed E-state index contributed by atoms with van der Waals surface area (Å²) in [5.74, 6) is 0.896. The van der Waals surface area contributed by atoms with Gasteiger partial charge in [-0.1, -0.05) is 6.92 Å². The second kappa shape index (κ2) is 5.28. The lowest BCUT2D eigenvalue weighted by atomic mass is 10.1. The van der Waals surface area contributed by atoms with E-state index in [1.165, 1.54) is 5.56 Å². The normalized spacial score (nSPS) is 12.5. The summed E-state index contributed by atoms with van der Waals surface area (Å²) in [7, 11) is 0. The van der Waals surface area contributed by atoms with Crippen LogP contribution in [0, 0.1) is 6.92 Å². The lowest BCUT2D eigenvalue weighted by molar-refractivity contribution is 0.570. The Bertz CT molecular complexity index is 683. The van der Waals surface area contributed by atoms with Crippen LogP contribution in [0.2, 0.25) is 0 Å². The van der Waals surface area contributed by atoms with E-state index in [0.29, 0.717) is 0 Å². The average Bonchev–Trinajstić information content (AvgIpc) is 3.10. The van der Waals surface area contributed by atoms with Crippen LogP contribution in [0.1, 0.15) is 30.6 Å². The van der Waals surface area contributed by atoms with Crippen LogP contribution in [-0.4, -0.2) is 24.5 Å². The van der Waals surface area contributed by atoms with Crippen molar-refractivity contribution < 1.29 is 0 Å². The minimum atomic E-state index is 0.242. The lowest BCUT2D eigenvalue weighted by Gasteiger charge is -2.19. The van der Waals surface area contributed by atoms with Crippen molar-refractivity contribution in [1.29, 1.82) is 0 Å². The molecule has 1 N–H and O–H groups in total. The van der Waals surface area contributed by atoms with E-state index in [0.717, 1.165) is 23.6 Å². The molecule has 3 aromatic rings. The highest BCUT2D eigenvalue weighted by Gasteiger charge is 2.18. The fourth-order valence-corrected chi connectivity index (χ4v) is 2.51. The van der Waals surface area contributed by atoms with Crippen molar-refractivity contribution in [2.45, 2.75) is 26.3 Å². The highest BCUT2D eigenvalue weighted by Crippen LogP contribution is 2.27. The van der Waals surface area contributed by atoms with Crippen LogP contribution < -0.4 is 0 Å². The molecule has 102 valence electrons. The van der Waals surface area contributed by atoms with E-state index in [2.05, 4.69) is 43.6 Å². The fourth-order valence-electron chi connectivity index (χ4n) is 2.51. The number of nitrogens with one attached hydrogen (secondary N) is 1. The summed E-state index contributed by atoms with van der Waals surface area (Å²) in [6.07, 6.45) is 10.2. The monoisotopic (exact) mass is 267 g/mol. The molecule has 1 atom stereocenters. The number of aromatic nitrogens is 5. The maximum atomic E-state index is 4.48. The highest BCUT2D eigenvalue weighted by molar-refractivity contribution is 5.53. The van der Waals surface area contributed by atoms with Crippen LogP contribution in [0.15, 0.2) is 43.2 Å². The van der Waals surface area contributed by atoms with Crippen molar-refractivity contribution in [2.75, 3.05) is 0 Å². The Morgan fingerprint density at radius 3 is 2.65 bits per heavy atom. The van der Waals surface area contributed by atoms with Gasteiger partial charge in [-0.2, -0.15) is 0 Å². The Balaban J connectivity index is 2.07. The van der Waals surface area contributed by atoms with Crippen LogP contribution in [0.25, 0.3) is 11.5 Å². The molecule has 0 aliphatic carbocycles. The Hall–Kier alpha value is -2.43. The predicted octanol–water partition coefficient (Wildman–Crippen LogP) is 2.98. The number of hydrogen-bond donors (Lipinski definition) is 1. The van der Waals surface area contributed by atoms with Crippen molar-refractivity contribution in [1.82, 2.24) is 24.5 Å². The molecule has 0 amide bonds. The molecular formula is C15H17N5. The molecule has 20 heavy (non-hydrogen) atoms. The van der Waals surface area contributed by atoms with E-state index in [4.69, 9.17) is 0 Å². The van der Waals surface area contributed by atoms with E-state index < -0.39 is 0 Å². The second-order valence-corrected chi connectivity index (χ2v) is 4.74. The zero-order valence-electron chi connectivity index (χ0n) is 11.6. The molecule has 0 aliphatic heterocycles. The highest BCUT2D eigenvalue weighted by atomic mass is 15.1. The van der Waals surface area contributed by atoms with Gasteiger partial charge in [0, 0.05) is 30.5 Å². The van der Waals surface area contributed by atoms with Crippen LogP contribution in [0.4, 0.5) is 0 Å². The largest absolute Gasteiger partial charge is 0.348 e. The Labute approximate surface area is 117 Å². The molecule has 0 saturated carbocycles. The zero-order chi connectivity index (χ0) is 13.9. The molecule has 0 aliphatic rings. The van der Waals surface area contributed by atoms with Gasteiger partial charge in [-0.15, -0.1) is 0 Å². The van der Waals surface area contributed by atoms with Gasteiger partial charge < -0.3 is 9.55 Å². The SMILES string of the molecule is CC[C@@H](c1ccncc1)n1ccnc1-c1nc[nH]c1C. The van der Waals surface area contributed by atoms with Gasteiger partial charge in [0.1, 0.15) is 5.69 Å². The lowest BCUT2D eigenvalue weighted by Crippen LogP contribution is -2.11. The molecule has 3 aromatic heterocycles. The van der Waals surface area contributed by atoms with Gasteiger partial charge in [0.15, 0.2) is 5.82 Å². The standard InChI is InChI=1S/C15H17N5/c1-3-13(12-4-6-16-7-5-12)20-9-8-17-15(20)14-11(2)18-10-19-14/h4-10,13H,3H2,1-2H3,(H,18,19)/t13-/m0/s1. The molecule has 5 nitrogen and oxygen atoms in total. The molecule has 0 aromatic carbocycles. The third kappa shape index (κ3) is 2.11. The van der Waals surface area contributed by atoms with Crippen molar-refractivity contribution in [3.8, 4) is 11.5 Å². The van der Waals surface area contributed by atoms with Crippen molar-refractivity contribution in [3.63, 3.8) is 0 Å².